The molecule has 3 nitrogen and oxygen atoms in total. The molecule has 1 heterocycles. The average molecular weight is 280 g/mol. The zero-order chi connectivity index (χ0) is 14.5. The van der Waals surface area contributed by atoms with Gasteiger partial charge in [-0.25, -0.2) is 4.39 Å². The minimum absolute atomic E-state index is 0.131. The lowest BCUT2D eigenvalue weighted by Crippen LogP contribution is -2.16. The van der Waals surface area contributed by atoms with E-state index in [2.05, 4.69) is 0 Å². The van der Waals surface area contributed by atoms with Gasteiger partial charge in [-0.3, -0.25) is 4.79 Å². The number of rotatable bonds is 6. The van der Waals surface area contributed by atoms with E-state index in [4.69, 9.17) is 9.47 Å². The van der Waals surface area contributed by atoms with E-state index in [-0.39, 0.29) is 17.5 Å². The van der Waals surface area contributed by atoms with Crippen molar-refractivity contribution >= 4 is 5.78 Å². The molecule has 20 heavy (non-hydrogen) atoms. The van der Waals surface area contributed by atoms with Gasteiger partial charge in [-0.2, -0.15) is 0 Å². The zero-order valence-corrected chi connectivity index (χ0v) is 12.1. The van der Waals surface area contributed by atoms with Gasteiger partial charge in [0.25, 0.3) is 0 Å². The summed E-state index contributed by atoms with van der Waals surface area (Å²) >= 11 is 0. The summed E-state index contributed by atoms with van der Waals surface area (Å²) in [5.41, 5.74) is 0.589. The minimum Gasteiger partial charge on any atom is -0.486 e. The van der Waals surface area contributed by atoms with E-state index in [9.17, 15) is 9.18 Å². The van der Waals surface area contributed by atoms with Crippen molar-refractivity contribution in [2.75, 3.05) is 13.2 Å². The molecule has 0 saturated heterocycles. The topological polar surface area (TPSA) is 35.5 Å². The van der Waals surface area contributed by atoms with Crippen molar-refractivity contribution in [3.63, 3.8) is 0 Å². The third-order valence-electron chi connectivity index (χ3n) is 3.38. The minimum atomic E-state index is -0.288. The Labute approximate surface area is 119 Å². The standard InChI is InChI=1S/C16H21FO3/c1-3-4-13(18)8-11(2)7-12-9-15-16(10-14(12)17)20-6-5-19-15/h9-11H,3-8H2,1-2H3. The molecule has 0 aromatic heterocycles. The maximum Gasteiger partial charge on any atom is 0.164 e. The first kappa shape index (κ1) is 14.8. The summed E-state index contributed by atoms with van der Waals surface area (Å²) in [6.07, 6.45) is 2.51. The second kappa shape index (κ2) is 6.73. The molecule has 0 bridgehead atoms. The van der Waals surface area contributed by atoms with Gasteiger partial charge in [-0.05, 0) is 30.4 Å². The molecule has 0 saturated carbocycles. The largest absolute Gasteiger partial charge is 0.486 e. The van der Waals surface area contributed by atoms with Crippen LogP contribution in [0.4, 0.5) is 4.39 Å². The Kier molecular flexibility index (Phi) is 4.99. The molecule has 0 fully saturated rings. The van der Waals surface area contributed by atoms with E-state index in [1.54, 1.807) is 6.07 Å². The highest BCUT2D eigenvalue weighted by molar-refractivity contribution is 5.78. The molecule has 1 aromatic rings. The number of benzene rings is 1. The number of carbonyl (C=O) groups excluding carboxylic acids is 1. The fourth-order valence-electron chi connectivity index (χ4n) is 2.48. The third-order valence-corrected chi connectivity index (χ3v) is 3.38. The average Bonchev–Trinajstić information content (AvgIpc) is 2.39. The van der Waals surface area contributed by atoms with E-state index in [1.165, 1.54) is 6.07 Å². The first-order valence-electron chi connectivity index (χ1n) is 7.20. The molecule has 0 N–H and O–H groups in total. The van der Waals surface area contributed by atoms with Gasteiger partial charge in [0.15, 0.2) is 11.5 Å². The number of ether oxygens (including phenoxy) is 2. The van der Waals surface area contributed by atoms with Crippen molar-refractivity contribution in [3.8, 4) is 11.5 Å². The lowest BCUT2D eigenvalue weighted by atomic mass is 9.94. The molecule has 0 aliphatic carbocycles. The highest BCUT2D eigenvalue weighted by atomic mass is 19.1. The van der Waals surface area contributed by atoms with Crippen LogP contribution in [0, 0.1) is 11.7 Å². The second-order valence-corrected chi connectivity index (χ2v) is 5.39. The molecule has 2 rings (SSSR count). The monoisotopic (exact) mass is 280 g/mol. The van der Waals surface area contributed by atoms with Crippen molar-refractivity contribution in [2.45, 2.75) is 39.5 Å². The maximum absolute atomic E-state index is 14.0. The molecule has 1 atom stereocenters. The third kappa shape index (κ3) is 3.71. The molecule has 0 spiro atoms. The van der Waals surface area contributed by atoms with Crippen LogP contribution in [0.2, 0.25) is 0 Å². The fourth-order valence-corrected chi connectivity index (χ4v) is 2.48. The quantitative estimate of drug-likeness (QED) is 0.799. The normalized spacial score (nSPS) is 14.9. The molecule has 0 radical (unpaired) electrons. The van der Waals surface area contributed by atoms with Gasteiger partial charge >= 0.3 is 0 Å². The lowest BCUT2D eigenvalue weighted by Gasteiger charge is -2.20. The summed E-state index contributed by atoms with van der Waals surface area (Å²) < 4.78 is 24.8. The molecule has 0 amide bonds. The summed E-state index contributed by atoms with van der Waals surface area (Å²) in [4.78, 5) is 11.6. The van der Waals surface area contributed by atoms with Crippen LogP contribution >= 0.6 is 0 Å². The van der Waals surface area contributed by atoms with E-state index in [0.717, 1.165) is 6.42 Å². The number of ketones is 1. The van der Waals surface area contributed by atoms with Crippen LogP contribution < -0.4 is 9.47 Å². The van der Waals surface area contributed by atoms with Crippen molar-refractivity contribution < 1.29 is 18.7 Å². The Hall–Kier alpha value is -1.58. The zero-order valence-electron chi connectivity index (χ0n) is 12.1. The smallest absolute Gasteiger partial charge is 0.164 e. The van der Waals surface area contributed by atoms with E-state index < -0.39 is 0 Å². The predicted molar refractivity (Wildman–Crippen MR) is 74.8 cm³/mol. The Balaban J connectivity index is 2.03. The van der Waals surface area contributed by atoms with E-state index in [1.807, 2.05) is 13.8 Å². The second-order valence-electron chi connectivity index (χ2n) is 5.39. The SMILES string of the molecule is CCCC(=O)CC(C)Cc1cc2c(cc1F)OCCO2. The van der Waals surface area contributed by atoms with Crippen LogP contribution in [0.1, 0.15) is 38.7 Å². The molecular weight excluding hydrogens is 259 g/mol. The molecule has 1 aromatic carbocycles. The van der Waals surface area contributed by atoms with E-state index >= 15 is 0 Å². The maximum atomic E-state index is 14.0. The van der Waals surface area contributed by atoms with Crippen LogP contribution in [0.3, 0.4) is 0 Å². The molecule has 1 aliphatic heterocycles. The van der Waals surface area contributed by atoms with Crippen molar-refractivity contribution in [2.24, 2.45) is 5.92 Å². The van der Waals surface area contributed by atoms with Crippen molar-refractivity contribution in [3.05, 3.63) is 23.5 Å². The summed E-state index contributed by atoms with van der Waals surface area (Å²) in [6.45, 7) is 4.91. The number of Topliss-reactive ketones (excluding diaryl/α,β-unsaturated/α-hetero) is 1. The van der Waals surface area contributed by atoms with E-state index in [0.29, 0.717) is 49.5 Å². The Bertz CT molecular complexity index is 485. The number of hydrogen-bond donors (Lipinski definition) is 0. The fraction of sp³-hybridized carbons (Fsp3) is 0.562. The van der Waals surface area contributed by atoms with Gasteiger partial charge in [0, 0.05) is 18.9 Å². The van der Waals surface area contributed by atoms with Gasteiger partial charge in [0.1, 0.15) is 24.8 Å². The van der Waals surface area contributed by atoms with Gasteiger partial charge < -0.3 is 9.47 Å². The first-order chi connectivity index (χ1) is 9.60. The molecule has 1 unspecified atom stereocenters. The number of halogens is 1. The van der Waals surface area contributed by atoms with Gasteiger partial charge in [0.05, 0.1) is 0 Å². The summed E-state index contributed by atoms with van der Waals surface area (Å²) in [5.74, 6) is 1.15. The van der Waals surface area contributed by atoms with Crippen LogP contribution in [-0.4, -0.2) is 19.0 Å². The van der Waals surface area contributed by atoms with Crippen molar-refractivity contribution in [1.29, 1.82) is 0 Å². The molecule has 4 heteroatoms. The first-order valence-corrected chi connectivity index (χ1v) is 7.20. The summed E-state index contributed by atoms with van der Waals surface area (Å²) in [7, 11) is 0. The Morgan fingerprint density at radius 3 is 2.60 bits per heavy atom. The molecular formula is C16H21FO3. The van der Waals surface area contributed by atoms with Crippen LogP contribution in [0.15, 0.2) is 12.1 Å². The van der Waals surface area contributed by atoms with Crippen LogP contribution in [0.5, 0.6) is 11.5 Å². The van der Waals surface area contributed by atoms with Crippen LogP contribution in [0.25, 0.3) is 0 Å². The Morgan fingerprint density at radius 2 is 1.95 bits per heavy atom. The lowest BCUT2D eigenvalue weighted by molar-refractivity contribution is -0.119. The number of fused-ring (bicyclic) bond motifs is 1. The van der Waals surface area contributed by atoms with Gasteiger partial charge in [0.2, 0.25) is 0 Å². The molecule has 1 aliphatic rings. The number of hydrogen-bond acceptors (Lipinski definition) is 3. The van der Waals surface area contributed by atoms with Gasteiger partial charge in [-0.15, -0.1) is 0 Å². The molecule has 110 valence electrons. The van der Waals surface area contributed by atoms with Crippen molar-refractivity contribution in [1.82, 2.24) is 0 Å². The number of carbonyl (C=O) groups is 1. The highest BCUT2D eigenvalue weighted by Gasteiger charge is 2.18. The van der Waals surface area contributed by atoms with Crippen LogP contribution in [-0.2, 0) is 11.2 Å². The Morgan fingerprint density at radius 1 is 1.30 bits per heavy atom. The van der Waals surface area contributed by atoms with Gasteiger partial charge in [-0.1, -0.05) is 13.8 Å². The predicted octanol–water partition coefficient (Wildman–Crippen LogP) is 3.53. The highest BCUT2D eigenvalue weighted by Crippen LogP contribution is 2.33. The summed E-state index contributed by atoms with van der Waals surface area (Å²) in [5, 5.41) is 0. The summed E-state index contributed by atoms with van der Waals surface area (Å²) in [6, 6.07) is 3.08.